The van der Waals surface area contributed by atoms with Gasteiger partial charge < -0.3 is 15.5 Å². The average molecular weight is 189 g/mol. The molecule has 76 valence electrons. The number of aliphatic hydroxyl groups is 1. The van der Waals surface area contributed by atoms with Gasteiger partial charge in [0, 0.05) is 13.5 Å². The first-order chi connectivity index (χ1) is 6.04. The molecule has 0 aromatic heterocycles. The summed E-state index contributed by atoms with van der Waals surface area (Å²) in [7, 11) is 0. The number of nitrogens with one attached hydrogen (secondary N) is 1. The third-order valence-corrected chi connectivity index (χ3v) is 1.56. The van der Waals surface area contributed by atoms with Crippen LogP contribution in [-0.2, 0) is 9.59 Å². The van der Waals surface area contributed by atoms with Crippen molar-refractivity contribution in [2.75, 3.05) is 6.54 Å². The van der Waals surface area contributed by atoms with Crippen LogP contribution < -0.4 is 5.32 Å². The number of carboxylic acids is 1. The summed E-state index contributed by atoms with van der Waals surface area (Å²) >= 11 is 0. The molecular formula is C8H15NO4. The molecule has 13 heavy (non-hydrogen) atoms. The lowest BCUT2D eigenvalue weighted by atomic mass is 10.1. The van der Waals surface area contributed by atoms with E-state index in [0.717, 1.165) is 0 Å². The molecule has 0 saturated heterocycles. The van der Waals surface area contributed by atoms with E-state index in [1.807, 2.05) is 0 Å². The first-order valence-electron chi connectivity index (χ1n) is 4.19. The Kier molecular flexibility index (Phi) is 5.88. The molecule has 0 fully saturated rings. The number of amides is 1. The van der Waals surface area contributed by atoms with Gasteiger partial charge in [0.1, 0.15) is 0 Å². The SMILES string of the molecule is CC(=O)NCCCC[C@H](O)C(=O)O. The van der Waals surface area contributed by atoms with Crippen LogP contribution in [0.5, 0.6) is 0 Å². The van der Waals surface area contributed by atoms with Crippen molar-refractivity contribution in [3.05, 3.63) is 0 Å². The highest BCUT2D eigenvalue weighted by atomic mass is 16.4. The van der Waals surface area contributed by atoms with Crippen LogP contribution in [0.15, 0.2) is 0 Å². The molecule has 1 atom stereocenters. The molecule has 0 aliphatic rings. The predicted molar refractivity (Wildman–Crippen MR) is 46.2 cm³/mol. The zero-order chi connectivity index (χ0) is 10.3. The normalized spacial score (nSPS) is 12.2. The molecule has 0 aliphatic carbocycles. The van der Waals surface area contributed by atoms with Gasteiger partial charge in [-0.15, -0.1) is 0 Å². The van der Waals surface area contributed by atoms with Crippen LogP contribution >= 0.6 is 0 Å². The van der Waals surface area contributed by atoms with Gasteiger partial charge in [0.05, 0.1) is 0 Å². The largest absolute Gasteiger partial charge is 0.479 e. The number of unbranched alkanes of at least 4 members (excludes halogenated alkanes) is 1. The van der Waals surface area contributed by atoms with Gasteiger partial charge >= 0.3 is 5.97 Å². The molecule has 1 amide bonds. The number of hydrogen-bond donors (Lipinski definition) is 3. The molecule has 0 heterocycles. The summed E-state index contributed by atoms with van der Waals surface area (Å²) in [5, 5.41) is 19.7. The Hall–Kier alpha value is -1.10. The van der Waals surface area contributed by atoms with E-state index in [2.05, 4.69) is 5.32 Å². The van der Waals surface area contributed by atoms with Gasteiger partial charge in [0.2, 0.25) is 5.91 Å². The summed E-state index contributed by atoms with van der Waals surface area (Å²) in [6.45, 7) is 1.95. The molecule has 5 heteroatoms. The zero-order valence-corrected chi connectivity index (χ0v) is 7.62. The van der Waals surface area contributed by atoms with Crippen molar-refractivity contribution in [2.24, 2.45) is 0 Å². The highest BCUT2D eigenvalue weighted by Crippen LogP contribution is 1.99. The van der Waals surface area contributed by atoms with Crippen LogP contribution in [0.1, 0.15) is 26.2 Å². The zero-order valence-electron chi connectivity index (χ0n) is 7.62. The van der Waals surface area contributed by atoms with Gasteiger partial charge in [0.15, 0.2) is 6.10 Å². The van der Waals surface area contributed by atoms with E-state index in [0.29, 0.717) is 19.4 Å². The molecular weight excluding hydrogens is 174 g/mol. The summed E-state index contributed by atoms with van der Waals surface area (Å²) in [5.41, 5.74) is 0. The van der Waals surface area contributed by atoms with Crippen LogP contribution in [-0.4, -0.2) is 34.7 Å². The Morgan fingerprint density at radius 2 is 2.00 bits per heavy atom. The van der Waals surface area contributed by atoms with Gasteiger partial charge in [0.25, 0.3) is 0 Å². The number of hydrogen-bond acceptors (Lipinski definition) is 3. The van der Waals surface area contributed by atoms with E-state index in [1.54, 1.807) is 0 Å². The highest BCUT2D eigenvalue weighted by molar-refractivity contribution is 5.72. The van der Waals surface area contributed by atoms with Crippen LogP contribution in [0.2, 0.25) is 0 Å². The monoisotopic (exact) mass is 189 g/mol. The van der Waals surface area contributed by atoms with Gasteiger partial charge in [-0.05, 0) is 19.3 Å². The molecule has 0 rings (SSSR count). The first-order valence-corrected chi connectivity index (χ1v) is 4.19. The van der Waals surface area contributed by atoms with E-state index in [1.165, 1.54) is 6.92 Å². The fourth-order valence-corrected chi connectivity index (χ4v) is 0.851. The number of rotatable bonds is 6. The topological polar surface area (TPSA) is 86.6 Å². The third kappa shape index (κ3) is 7.27. The quantitative estimate of drug-likeness (QED) is 0.502. The van der Waals surface area contributed by atoms with Gasteiger partial charge in [-0.2, -0.15) is 0 Å². The first kappa shape index (κ1) is 11.9. The Morgan fingerprint density at radius 3 is 2.46 bits per heavy atom. The van der Waals surface area contributed by atoms with Crippen LogP contribution in [0.25, 0.3) is 0 Å². The lowest BCUT2D eigenvalue weighted by Gasteiger charge is -2.04. The molecule has 0 aromatic carbocycles. The molecule has 0 aromatic rings. The molecule has 3 N–H and O–H groups in total. The van der Waals surface area contributed by atoms with Crippen molar-refractivity contribution in [1.29, 1.82) is 0 Å². The van der Waals surface area contributed by atoms with Crippen LogP contribution in [0.4, 0.5) is 0 Å². The summed E-state index contributed by atoms with van der Waals surface area (Å²) < 4.78 is 0. The van der Waals surface area contributed by atoms with Gasteiger partial charge in [-0.25, -0.2) is 4.79 Å². The Balaban J connectivity index is 3.26. The Morgan fingerprint density at radius 1 is 1.38 bits per heavy atom. The summed E-state index contributed by atoms with van der Waals surface area (Å²) in [5.74, 6) is -1.29. The van der Waals surface area contributed by atoms with Gasteiger partial charge in [-0.1, -0.05) is 0 Å². The van der Waals surface area contributed by atoms with E-state index in [4.69, 9.17) is 10.2 Å². The second-order valence-electron chi connectivity index (χ2n) is 2.83. The summed E-state index contributed by atoms with van der Waals surface area (Å²) in [6, 6.07) is 0. The number of aliphatic carboxylic acids is 1. The maximum atomic E-state index is 10.4. The molecule has 0 aliphatic heterocycles. The lowest BCUT2D eigenvalue weighted by molar-refractivity contribution is -0.147. The van der Waals surface area contributed by atoms with Crippen LogP contribution in [0, 0.1) is 0 Å². The second kappa shape index (κ2) is 6.42. The minimum atomic E-state index is -1.28. The highest BCUT2D eigenvalue weighted by Gasteiger charge is 2.11. The van der Waals surface area contributed by atoms with E-state index in [-0.39, 0.29) is 12.3 Å². The number of carboxylic acid groups (broad SMARTS) is 1. The number of carbonyl (C=O) groups excluding carboxylic acids is 1. The average Bonchev–Trinajstić information content (AvgIpc) is 2.02. The second-order valence-corrected chi connectivity index (χ2v) is 2.83. The molecule has 0 bridgehead atoms. The minimum Gasteiger partial charge on any atom is -0.479 e. The van der Waals surface area contributed by atoms with Crippen molar-refractivity contribution in [3.8, 4) is 0 Å². The van der Waals surface area contributed by atoms with Gasteiger partial charge in [-0.3, -0.25) is 4.79 Å². The number of carbonyl (C=O) groups is 2. The van der Waals surface area contributed by atoms with Crippen molar-refractivity contribution >= 4 is 11.9 Å². The standard InChI is InChI=1S/C8H15NO4/c1-6(10)9-5-3-2-4-7(11)8(12)13/h7,11H,2-5H2,1H3,(H,9,10)(H,12,13)/t7-/m0/s1. The van der Waals surface area contributed by atoms with Crippen LogP contribution in [0.3, 0.4) is 0 Å². The molecule has 0 radical (unpaired) electrons. The van der Waals surface area contributed by atoms with E-state index < -0.39 is 12.1 Å². The lowest BCUT2D eigenvalue weighted by Crippen LogP contribution is -2.22. The smallest absolute Gasteiger partial charge is 0.332 e. The van der Waals surface area contributed by atoms with Crippen molar-refractivity contribution in [2.45, 2.75) is 32.3 Å². The fourth-order valence-electron chi connectivity index (χ4n) is 0.851. The predicted octanol–water partition coefficient (Wildman–Crippen LogP) is -0.262. The van der Waals surface area contributed by atoms with E-state index >= 15 is 0 Å². The summed E-state index contributed by atoms with van der Waals surface area (Å²) in [6.07, 6.45) is 0.226. The molecule has 0 spiro atoms. The molecule has 0 saturated carbocycles. The maximum Gasteiger partial charge on any atom is 0.332 e. The summed E-state index contributed by atoms with van der Waals surface area (Å²) in [4.78, 5) is 20.5. The minimum absolute atomic E-state index is 0.0983. The molecule has 5 nitrogen and oxygen atoms in total. The van der Waals surface area contributed by atoms with Crippen molar-refractivity contribution in [3.63, 3.8) is 0 Å². The van der Waals surface area contributed by atoms with E-state index in [9.17, 15) is 9.59 Å². The van der Waals surface area contributed by atoms with Crippen molar-refractivity contribution in [1.82, 2.24) is 5.32 Å². The Labute approximate surface area is 76.8 Å². The number of aliphatic hydroxyl groups excluding tert-OH is 1. The molecule has 0 unspecified atom stereocenters. The maximum absolute atomic E-state index is 10.4. The van der Waals surface area contributed by atoms with Crippen molar-refractivity contribution < 1.29 is 19.8 Å². The Bertz CT molecular complexity index is 181. The fraction of sp³-hybridized carbons (Fsp3) is 0.750. The third-order valence-electron chi connectivity index (χ3n) is 1.56.